The van der Waals surface area contributed by atoms with Crippen LogP contribution in [0.4, 0.5) is 0 Å². The van der Waals surface area contributed by atoms with Crippen molar-refractivity contribution in [1.82, 2.24) is 9.80 Å². The summed E-state index contributed by atoms with van der Waals surface area (Å²) in [6, 6.07) is 17.8. The highest BCUT2D eigenvalue weighted by molar-refractivity contribution is 5.86. The molecule has 2 saturated carbocycles. The highest BCUT2D eigenvalue weighted by Gasteiger charge is 2.79. The maximum absolute atomic E-state index is 14.0. The van der Waals surface area contributed by atoms with Crippen LogP contribution in [0, 0.1) is 11.8 Å². The van der Waals surface area contributed by atoms with E-state index in [1.54, 1.807) is 7.11 Å². The molecule has 4 bridgehead atoms. The number of carbonyl (C=O) groups excluding carboxylic acids is 1. The van der Waals surface area contributed by atoms with Gasteiger partial charge in [-0.3, -0.25) is 9.69 Å². The van der Waals surface area contributed by atoms with Gasteiger partial charge in [0.1, 0.15) is 11.9 Å². The van der Waals surface area contributed by atoms with E-state index in [4.69, 9.17) is 9.47 Å². The lowest BCUT2D eigenvalue weighted by Crippen LogP contribution is -2.74. The Morgan fingerprint density at radius 3 is 2.74 bits per heavy atom. The topological polar surface area (TPSA) is 42.0 Å². The van der Waals surface area contributed by atoms with Gasteiger partial charge in [0, 0.05) is 36.5 Å². The first-order valence-electron chi connectivity index (χ1n) is 13.6. The van der Waals surface area contributed by atoms with Crippen molar-refractivity contribution < 1.29 is 14.3 Å². The fourth-order valence-electron chi connectivity index (χ4n) is 9.02. The van der Waals surface area contributed by atoms with Gasteiger partial charge in [0.2, 0.25) is 0 Å². The Morgan fingerprint density at radius 2 is 1.94 bits per heavy atom. The number of ether oxygens (including phenoxy) is 2. The first kappa shape index (κ1) is 20.8. The molecule has 5 fully saturated rings. The Morgan fingerprint density at radius 1 is 1.09 bits per heavy atom. The number of methoxy groups -OCH3 is 1. The lowest BCUT2D eigenvalue weighted by molar-refractivity contribution is -0.182. The highest BCUT2D eigenvalue weighted by Crippen LogP contribution is 2.70. The first-order valence-corrected chi connectivity index (χ1v) is 13.6. The van der Waals surface area contributed by atoms with E-state index in [0.717, 1.165) is 43.9 Å². The predicted octanol–water partition coefficient (Wildman–Crippen LogP) is 3.93. The number of likely N-dealkylation sites (tertiary alicyclic amines) is 2. The normalized spacial score (nSPS) is 38.9. The summed E-state index contributed by atoms with van der Waals surface area (Å²) in [5.74, 6) is 2.23. The number of hydrogen-bond donors (Lipinski definition) is 0. The zero-order valence-corrected chi connectivity index (χ0v) is 20.5. The van der Waals surface area contributed by atoms with Gasteiger partial charge in [-0.25, -0.2) is 0 Å². The minimum atomic E-state index is -0.313. The number of rotatable bonds is 5. The largest absolute Gasteiger partial charge is 0.497 e. The standard InChI is InChI=1S/C30H34N2O3/c1-34-22-10-9-21-15-25-30-12-11-24-26(27(35-30)28(33)32(24)18-19-5-3-2-4-6-19)29(30,23(21)16-22)13-14-31(25)17-20-7-8-20/h2-6,9-10,16,20,24-27H,7-8,11-15,17-18H2,1H3/t24?,25?,26?,27-,29?,30?/m0/s1. The molecule has 182 valence electrons. The Hall–Kier alpha value is -2.37. The lowest BCUT2D eigenvalue weighted by atomic mass is 9.46. The molecule has 2 aromatic carbocycles. The van der Waals surface area contributed by atoms with E-state index >= 15 is 0 Å². The summed E-state index contributed by atoms with van der Waals surface area (Å²) in [6.45, 7) is 3.00. The molecule has 2 aromatic rings. The molecule has 8 rings (SSSR count). The second kappa shape index (κ2) is 7.10. The van der Waals surface area contributed by atoms with E-state index in [9.17, 15) is 4.79 Å². The molecule has 6 atom stereocenters. The molecule has 0 spiro atoms. The molecule has 0 radical (unpaired) electrons. The molecular weight excluding hydrogens is 436 g/mol. The number of piperidine rings is 1. The zero-order chi connectivity index (χ0) is 23.4. The van der Waals surface area contributed by atoms with Gasteiger partial charge in [0.05, 0.1) is 12.7 Å². The molecule has 3 saturated heterocycles. The van der Waals surface area contributed by atoms with Crippen LogP contribution >= 0.6 is 0 Å². The van der Waals surface area contributed by atoms with Crippen LogP contribution in [-0.2, 0) is 27.9 Å². The SMILES string of the molecule is COc1ccc2c(c1)C13CCN(CC4CC4)C(C2)C12CCC1C3[C@H](O2)C(=O)N1Cc1ccccc1. The van der Waals surface area contributed by atoms with Crippen molar-refractivity contribution in [1.29, 1.82) is 0 Å². The van der Waals surface area contributed by atoms with E-state index in [1.807, 2.05) is 6.07 Å². The van der Waals surface area contributed by atoms with Crippen LogP contribution in [0.5, 0.6) is 5.75 Å². The van der Waals surface area contributed by atoms with Crippen LogP contribution in [0.1, 0.15) is 48.8 Å². The number of carbonyl (C=O) groups is 1. The highest BCUT2D eigenvalue weighted by atomic mass is 16.5. The van der Waals surface area contributed by atoms with Gasteiger partial charge in [-0.2, -0.15) is 0 Å². The van der Waals surface area contributed by atoms with Crippen molar-refractivity contribution in [3.63, 3.8) is 0 Å². The number of nitrogens with zero attached hydrogens (tertiary/aromatic N) is 2. The fraction of sp³-hybridized carbons (Fsp3) is 0.567. The molecule has 5 heteroatoms. The van der Waals surface area contributed by atoms with E-state index in [1.165, 1.54) is 36.1 Å². The average molecular weight is 471 g/mol. The first-order chi connectivity index (χ1) is 17.1. The van der Waals surface area contributed by atoms with Crippen molar-refractivity contribution in [3.05, 3.63) is 65.2 Å². The smallest absolute Gasteiger partial charge is 0.252 e. The van der Waals surface area contributed by atoms with Crippen molar-refractivity contribution in [3.8, 4) is 5.75 Å². The Balaban J connectivity index is 1.26. The summed E-state index contributed by atoms with van der Waals surface area (Å²) in [5.41, 5.74) is 3.73. The van der Waals surface area contributed by atoms with Crippen LogP contribution in [0.3, 0.4) is 0 Å². The molecule has 5 nitrogen and oxygen atoms in total. The Kier molecular flexibility index (Phi) is 4.22. The van der Waals surface area contributed by atoms with Crippen molar-refractivity contribution >= 4 is 5.91 Å². The minimum absolute atomic E-state index is 0.103. The monoisotopic (exact) mass is 470 g/mol. The summed E-state index contributed by atoms with van der Waals surface area (Å²) in [4.78, 5) is 18.9. The van der Waals surface area contributed by atoms with Gasteiger partial charge < -0.3 is 14.4 Å². The van der Waals surface area contributed by atoms with Crippen LogP contribution < -0.4 is 4.74 Å². The molecule has 6 aliphatic rings. The number of benzene rings is 2. The van der Waals surface area contributed by atoms with Crippen LogP contribution in [0.15, 0.2) is 48.5 Å². The summed E-state index contributed by atoms with van der Waals surface area (Å²) in [6.07, 6.45) is 6.64. The van der Waals surface area contributed by atoms with E-state index in [-0.39, 0.29) is 35.0 Å². The second-order valence-corrected chi connectivity index (χ2v) is 11.9. The molecule has 3 aliphatic carbocycles. The van der Waals surface area contributed by atoms with Crippen molar-refractivity contribution in [2.75, 3.05) is 20.2 Å². The summed E-state index contributed by atoms with van der Waals surface area (Å²) < 4.78 is 12.9. The van der Waals surface area contributed by atoms with E-state index in [2.05, 4.69) is 52.3 Å². The Bertz CT molecular complexity index is 1200. The third kappa shape index (κ3) is 2.59. The van der Waals surface area contributed by atoms with Gasteiger partial charge in [-0.15, -0.1) is 0 Å². The molecule has 3 aliphatic heterocycles. The van der Waals surface area contributed by atoms with Crippen LogP contribution in [0.2, 0.25) is 0 Å². The van der Waals surface area contributed by atoms with Crippen molar-refractivity contribution in [2.45, 2.75) is 74.3 Å². The maximum Gasteiger partial charge on any atom is 0.252 e. The summed E-state index contributed by atoms with van der Waals surface area (Å²) >= 11 is 0. The van der Waals surface area contributed by atoms with Gasteiger partial charge in [-0.1, -0.05) is 36.4 Å². The van der Waals surface area contributed by atoms with Crippen LogP contribution in [0.25, 0.3) is 0 Å². The molecule has 5 unspecified atom stereocenters. The molecule has 0 aromatic heterocycles. The molecule has 3 heterocycles. The van der Waals surface area contributed by atoms with Crippen LogP contribution in [-0.4, -0.2) is 59.7 Å². The quantitative estimate of drug-likeness (QED) is 0.664. The molecule has 0 N–H and O–H groups in total. The number of amides is 1. The van der Waals surface area contributed by atoms with Gasteiger partial charge in [0.25, 0.3) is 5.91 Å². The van der Waals surface area contributed by atoms with Gasteiger partial charge >= 0.3 is 0 Å². The van der Waals surface area contributed by atoms with Crippen molar-refractivity contribution in [2.24, 2.45) is 11.8 Å². The zero-order valence-electron chi connectivity index (χ0n) is 20.5. The van der Waals surface area contributed by atoms with E-state index < -0.39 is 0 Å². The van der Waals surface area contributed by atoms with E-state index in [0.29, 0.717) is 12.6 Å². The summed E-state index contributed by atoms with van der Waals surface area (Å²) in [7, 11) is 1.76. The number of hydrogen-bond acceptors (Lipinski definition) is 4. The van der Waals surface area contributed by atoms with Gasteiger partial charge in [-0.05, 0) is 79.8 Å². The predicted molar refractivity (Wildman–Crippen MR) is 132 cm³/mol. The second-order valence-electron chi connectivity index (χ2n) is 11.9. The van der Waals surface area contributed by atoms with Gasteiger partial charge in [0.15, 0.2) is 0 Å². The molecule has 35 heavy (non-hydrogen) atoms. The minimum Gasteiger partial charge on any atom is -0.497 e. The maximum atomic E-state index is 14.0. The average Bonchev–Trinajstić information content (AvgIpc) is 3.63. The lowest BCUT2D eigenvalue weighted by Gasteiger charge is -2.64. The molecule has 1 amide bonds. The fourth-order valence-corrected chi connectivity index (χ4v) is 9.02. The third-order valence-electron chi connectivity index (χ3n) is 10.5. The number of fused-ring (bicyclic) bond motifs is 1. The summed E-state index contributed by atoms with van der Waals surface area (Å²) in [5, 5.41) is 0. The Labute approximate surface area is 207 Å². The third-order valence-corrected chi connectivity index (χ3v) is 10.5. The molecular formula is C30H34N2O3.